The third-order valence-corrected chi connectivity index (χ3v) is 4.79. The van der Waals surface area contributed by atoms with Crippen molar-refractivity contribution < 1.29 is 14.7 Å². The summed E-state index contributed by atoms with van der Waals surface area (Å²) < 4.78 is 0.183. The molecule has 0 aliphatic carbocycles. The minimum atomic E-state index is -0.517. The molecular formula is C16H21N3O3S2. The number of piperidine rings is 1. The number of phenolic OH excluding ortho intramolecular Hbond substituents is 1. The number of aromatic hydroxyl groups is 1. The second-order valence-electron chi connectivity index (χ2n) is 5.51. The monoisotopic (exact) mass is 367 g/mol. The lowest BCUT2D eigenvalue weighted by molar-refractivity contribution is -0.111. The van der Waals surface area contributed by atoms with Crippen LogP contribution < -0.4 is 10.9 Å². The highest BCUT2D eigenvalue weighted by molar-refractivity contribution is 8.32. The number of carbonyl (C=O) groups excluding carboxylic acids is 2. The predicted octanol–water partition coefficient (Wildman–Crippen LogP) is 2.05. The van der Waals surface area contributed by atoms with Crippen molar-refractivity contribution in [3.63, 3.8) is 0 Å². The molecule has 8 heteroatoms. The summed E-state index contributed by atoms with van der Waals surface area (Å²) in [5, 5.41) is 9.57. The van der Waals surface area contributed by atoms with Crippen LogP contribution in [0.1, 0.15) is 36.0 Å². The number of hydrogen-bond donors (Lipinski definition) is 3. The fourth-order valence-corrected chi connectivity index (χ4v) is 3.29. The summed E-state index contributed by atoms with van der Waals surface area (Å²) in [7, 11) is 0. The summed E-state index contributed by atoms with van der Waals surface area (Å²) in [5.41, 5.74) is 5.04. The van der Waals surface area contributed by atoms with Gasteiger partial charge in [0, 0.05) is 13.0 Å². The van der Waals surface area contributed by atoms with Gasteiger partial charge in [-0.2, -0.15) is 0 Å². The van der Waals surface area contributed by atoms with E-state index in [1.807, 2.05) is 0 Å². The SMILES string of the molecule is O=C(CCN1CCCCC1)SC(=S)NNC(=O)c1ccccc1O. The molecular weight excluding hydrogens is 346 g/mol. The second-order valence-corrected chi connectivity index (χ2v) is 7.24. The van der Waals surface area contributed by atoms with Gasteiger partial charge in [-0.3, -0.25) is 20.4 Å². The first-order valence-electron chi connectivity index (χ1n) is 7.87. The summed E-state index contributed by atoms with van der Waals surface area (Å²) in [5.74, 6) is -0.634. The van der Waals surface area contributed by atoms with Crippen molar-refractivity contribution in [3.8, 4) is 5.75 Å². The molecule has 1 aromatic carbocycles. The molecule has 1 heterocycles. The average molecular weight is 367 g/mol. The lowest BCUT2D eigenvalue weighted by atomic mass is 10.1. The number of carbonyl (C=O) groups is 2. The number of thiocarbonyl (C=S) groups is 1. The molecule has 1 fully saturated rings. The Morgan fingerprint density at radius 1 is 1.17 bits per heavy atom. The molecule has 0 radical (unpaired) electrons. The van der Waals surface area contributed by atoms with E-state index < -0.39 is 5.91 Å². The zero-order valence-corrected chi connectivity index (χ0v) is 14.9. The maximum absolute atomic E-state index is 11.9. The second kappa shape index (κ2) is 9.61. The van der Waals surface area contributed by atoms with Crippen LogP contribution in [0.3, 0.4) is 0 Å². The third kappa shape index (κ3) is 6.10. The molecule has 2 rings (SSSR count). The largest absolute Gasteiger partial charge is 0.507 e. The quantitative estimate of drug-likeness (QED) is 0.555. The topological polar surface area (TPSA) is 81.7 Å². The number of hydrogen-bond acceptors (Lipinski definition) is 6. The molecule has 1 aliphatic heterocycles. The standard InChI is InChI=1S/C16H21N3O3S2/c20-13-7-3-2-6-12(13)15(22)17-18-16(23)24-14(21)8-11-19-9-4-1-5-10-19/h2-3,6-7,20H,1,4-5,8-11H2,(H,17,22)(H,18,23). The van der Waals surface area contributed by atoms with E-state index in [0.29, 0.717) is 6.42 Å². The van der Waals surface area contributed by atoms with E-state index in [0.717, 1.165) is 31.4 Å². The average Bonchev–Trinajstić information content (AvgIpc) is 2.59. The number of likely N-dealkylation sites (tertiary alicyclic amines) is 1. The number of rotatable bonds is 4. The van der Waals surface area contributed by atoms with Gasteiger partial charge in [0.15, 0.2) is 9.44 Å². The van der Waals surface area contributed by atoms with E-state index in [1.165, 1.54) is 31.4 Å². The number of nitrogens with zero attached hydrogens (tertiary/aromatic N) is 1. The van der Waals surface area contributed by atoms with Crippen molar-refractivity contribution in [2.75, 3.05) is 19.6 Å². The number of phenols is 1. The van der Waals surface area contributed by atoms with Gasteiger partial charge in [-0.1, -0.05) is 30.8 Å². The fraction of sp³-hybridized carbons (Fsp3) is 0.438. The summed E-state index contributed by atoms with van der Waals surface area (Å²) >= 11 is 5.95. The number of amides is 1. The number of benzene rings is 1. The van der Waals surface area contributed by atoms with Gasteiger partial charge in [0.05, 0.1) is 5.56 Å². The Balaban J connectivity index is 1.68. The zero-order valence-electron chi connectivity index (χ0n) is 13.3. The van der Waals surface area contributed by atoms with Crippen molar-refractivity contribution in [2.45, 2.75) is 25.7 Å². The van der Waals surface area contributed by atoms with Crippen molar-refractivity contribution in [1.29, 1.82) is 0 Å². The van der Waals surface area contributed by atoms with Crippen molar-refractivity contribution in [1.82, 2.24) is 15.8 Å². The van der Waals surface area contributed by atoms with E-state index in [-0.39, 0.29) is 20.7 Å². The highest BCUT2D eigenvalue weighted by atomic mass is 32.2. The molecule has 0 saturated carbocycles. The number of nitrogens with one attached hydrogen (secondary N) is 2. The normalized spacial score (nSPS) is 14.8. The van der Waals surface area contributed by atoms with Crippen LogP contribution in [0, 0.1) is 0 Å². The Morgan fingerprint density at radius 3 is 2.58 bits per heavy atom. The highest BCUT2D eigenvalue weighted by Gasteiger charge is 2.14. The number of thioether (sulfide) groups is 1. The first-order chi connectivity index (χ1) is 11.6. The number of hydrazine groups is 1. The lowest BCUT2D eigenvalue weighted by Gasteiger charge is -2.25. The molecule has 0 unspecified atom stereocenters. The fourth-order valence-electron chi connectivity index (χ4n) is 2.45. The summed E-state index contributed by atoms with van der Waals surface area (Å²) in [4.78, 5) is 26.1. The van der Waals surface area contributed by atoms with Crippen LogP contribution in [0.25, 0.3) is 0 Å². The van der Waals surface area contributed by atoms with Crippen LogP contribution in [0.15, 0.2) is 24.3 Å². The molecule has 3 N–H and O–H groups in total. The minimum absolute atomic E-state index is 0.0325. The van der Waals surface area contributed by atoms with Crippen molar-refractivity contribution in [2.24, 2.45) is 0 Å². The van der Waals surface area contributed by atoms with Gasteiger partial charge in [0.2, 0.25) is 0 Å². The van der Waals surface area contributed by atoms with Crippen molar-refractivity contribution in [3.05, 3.63) is 29.8 Å². The highest BCUT2D eigenvalue weighted by Crippen LogP contribution is 2.15. The minimum Gasteiger partial charge on any atom is -0.507 e. The van der Waals surface area contributed by atoms with Gasteiger partial charge in [0.1, 0.15) is 5.75 Å². The molecule has 6 nitrogen and oxygen atoms in total. The molecule has 24 heavy (non-hydrogen) atoms. The Hall–Kier alpha value is -1.64. The van der Waals surface area contributed by atoms with Gasteiger partial charge in [-0.15, -0.1) is 0 Å². The van der Waals surface area contributed by atoms with E-state index in [4.69, 9.17) is 12.2 Å². The molecule has 0 atom stereocenters. The Bertz CT molecular complexity index is 604. The maximum Gasteiger partial charge on any atom is 0.273 e. The molecule has 0 aromatic heterocycles. The lowest BCUT2D eigenvalue weighted by Crippen LogP contribution is -2.40. The maximum atomic E-state index is 11.9. The van der Waals surface area contributed by atoms with Gasteiger partial charge < -0.3 is 10.0 Å². The van der Waals surface area contributed by atoms with Gasteiger partial charge in [-0.05, 0) is 49.8 Å². The number of para-hydroxylation sites is 1. The van der Waals surface area contributed by atoms with Crippen LogP contribution in [-0.4, -0.2) is 45.0 Å². The summed E-state index contributed by atoms with van der Waals surface area (Å²) in [6.07, 6.45) is 4.09. The smallest absolute Gasteiger partial charge is 0.273 e. The predicted molar refractivity (Wildman–Crippen MR) is 98.8 cm³/mol. The van der Waals surface area contributed by atoms with Crippen LogP contribution >= 0.6 is 24.0 Å². The summed E-state index contributed by atoms with van der Waals surface area (Å²) in [6, 6.07) is 6.19. The first kappa shape index (κ1) is 18.7. The molecule has 1 amide bonds. The van der Waals surface area contributed by atoms with E-state index in [1.54, 1.807) is 12.1 Å². The Kier molecular flexibility index (Phi) is 7.48. The molecule has 0 spiro atoms. The van der Waals surface area contributed by atoms with E-state index >= 15 is 0 Å². The third-order valence-electron chi connectivity index (χ3n) is 3.71. The van der Waals surface area contributed by atoms with E-state index in [9.17, 15) is 14.7 Å². The van der Waals surface area contributed by atoms with Gasteiger partial charge in [-0.25, -0.2) is 0 Å². The Morgan fingerprint density at radius 2 is 1.88 bits per heavy atom. The molecule has 130 valence electrons. The van der Waals surface area contributed by atoms with Gasteiger partial charge in [0.25, 0.3) is 5.91 Å². The van der Waals surface area contributed by atoms with Crippen LogP contribution in [0.2, 0.25) is 0 Å². The van der Waals surface area contributed by atoms with Crippen LogP contribution in [0.5, 0.6) is 5.75 Å². The zero-order chi connectivity index (χ0) is 17.4. The van der Waals surface area contributed by atoms with E-state index in [2.05, 4.69) is 15.8 Å². The van der Waals surface area contributed by atoms with Crippen LogP contribution in [0.4, 0.5) is 0 Å². The van der Waals surface area contributed by atoms with Gasteiger partial charge >= 0.3 is 0 Å². The molecule has 1 aliphatic rings. The van der Waals surface area contributed by atoms with Crippen molar-refractivity contribution >= 4 is 39.3 Å². The molecule has 0 bridgehead atoms. The molecule has 1 saturated heterocycles. The molecule has 1 aromatic rings. The summed E-state index contributed by atoms with van der Waals surface area (Å²) in [6.45, 7) is 2.85. The Labute approximate surface area is 151 Å². The van der Waals surface area contributed by atoms with Crippen LogP contribution in [-0.2, 0) is 4.79 Å². The first-order valence-corrected chi connectivity index (χ1v) is 9.10.